The van der Waals surface area contributed by atoms with E-state index in [2.05, 4.69) is 38.7 Å². The van der Waals surface area contributed by atoms with E-state index in [1.807, 2.05) is 6.07 Å². The molecule has 1 aromatic carbocycles. The number of nitrogens with one attached hydrogen (secondary N) is 2. The molecule has 0 bridgehead atoms. The monoisotopic (exact) mass is 487 g/mol. The van der Waals surface area contributed by atoms with Gasteiger partial charge in [0.05, 0.1) is 12.4 Å². The number of aliphatic hydroxyl groups is 1. The lowest BCUT2D eigenvalue weighted by Gasteiger charge is -2.31. The molecule has 1 aromatic heterocycles. The molecule has 4 rings (SSSR count). The minimum Gasteiger partial charge on any atom is -0.390 e. The van der Waals surface area contributed by atoms with E-state index in [1.165, 1.54) is 21.7 Å². The van der Waals surface area contributed by atoms with Crippen LogP contribution in [0, 0.1) is 0 Å². The average Bonchev–Trinajstić information content (AvgIpc) is 2.82. The summed E-state index contributed by atoms with van der Waals surface area (Å²) in [5, 5.41) is 16.6. The molecule has 2 aliphatic rings. The minimum atomic E-state index is -3.16. The molecular weight excluding hydrogens is 454 g/mol. The van der Waals surface area contributed by atoms with Crippen molar-refractivity contribution in [1.82, 2.24) is 19.5 Å². The number of piperidine rings is 1. The van der Waals surface area contributed by atoms with E-state index < -0.39 is 16.1 Å². The van der Waals surface area contributed by atoms with Gasteiger partial charge in [0, 0.05) is 57.1 Å². The molecule has 2 aromatic rings. The van der Waals surface area contributed by atoms with E-state index in [4.69, 9.17) is 0 Å². The highest BCUT2D eigenvalue weighted by molar-refractivity contribution is 7.88. The van der Waals surface area contributed by atoms with Crippen molar-refractivity contribution < 1.29 is 18.3 Å². The van der Waals surface area contributed by atoms with Crippen LogP contribution in [0.2, 0.25) is 0 Å². The standard InChI is InChI=1S/C24H33N5O4S/c1-34(32,33)29-12-8-21(9-13-29)27-23-14-19(6-10-25-23)24(31)26-15-22(30)17-28-11-7-18-4-2-3-5-20(18)16-28/h2-6,10,14,21-22,30H,7-9,11-13,15-17H2,1H3,(H,25,27)(H,26,31)/t22-/m0/s1. The lowest BCUT2D eigenvalue weighted by molar-refractivity contribution is 0.0842. The van der Waals surface area contributed by atoms with Crippen LogP contribution < -0.4 is 10.6 Å². The summed E-state index contributed by atoms with van der Waals surface area (Å²) in [5.74, 6) is 0.318. The smallest absolute Gasteiger partial charge is 0.251 e. The number of aromatic nitrogens is 1. The van der Waals surface area contributed by atoms with Gasteiger partial charge < -0.3 is 15.7 Å². The van der Waals surface area contributed by atoms with Crippen LogP contribution in [0.4, 0.5) is 5.82 Å². The molecule has 10 heteroatoms. The number of β-amino-alcohol motifs (C(OH)–C–C–N with tert-alkyl or cyclic N) is 1. The first-order valence-electron chi connectivity index (χ1n) is 11.7. The van der Waals surface area contributed by atoms with Gasteiger partial charge in [0.15, 0.2) is 0 Å². The Balaban J connectivity index is 1.23. The second-order valence-corrected chi connectivity index (χ2v) is 11.1. The van der Waals surface area contributed by atoms with Crippen molar-refractivity contribution in [3.63, 3.8) is 0 Å². The van der Waals surface area contributed by atoms with Crippen molar-refractivity contribution in [3.8, 4) is 0 Å². The van der Waals surface area contributed by atoms with Gasteiger partial charge in [0.25, 0.3) is 5.91 Å². The number of carbonyl (C=O) groups excluding carboxylic acids is 1. The minimum absolute atomic E-state index is 0.0975. The third kappa shape index (κ3) is 6.53. The van der Waals surface area contributed by atoms with Crippen molar-refractivity contribution in [2.24, 2.45) is 0 Å². The number of sulfonamides is 1. The Morgan fingerprint density at radius 1 is 1.18 bits per heavy atom. The molecule has 1 amide bonds. The SMILES string of the molecule is CS(=O)(=O)N1CCC(Nc2cc(C(=O)NC[C@H](O)CN3CCc4ccccc4C3)ccn2)CC1. The summed E-state index contributed by atoms with van der Waals surface area (Å²) >= 11 is 0. The number of hydrogen-bond acceptors (Lipinski definition) is 7. The Kier molecular flexibility index (Phi) is 7.82. The number of amides is 1. The van der Waals surface area contributed by atoms with E-state index in [0.29, 0.717) is 43.9 Å². The highest BCUT2D eigenvalue weighted by atomic mass is 32.2. The molecular formula is C24H33N5O4S. The molecule has 1 atom stereocenters. The molecule has 2 aliphatic heterocycles. The number of fused-ring (bicyclic) bond motifs is 1. The van der Waals surface area contributed by atoms with E-state index in [9.17, 15) is 18.3 Å². The zero-order valence-electron chi connectivity index (χ0n) is 19.5. The predicted octanol–water partition coefficient (Wildman–Crippen LogP) is 1.07. The molecule has 3 heterocycles. The van der Waals surface area contributed by atoms with E-state index in [0.717, 1.165) is 19.5 Å². The van der Waals surface area contributed by atoms with Crippen LogP contribution in [0.25, 0.3) is 0 Å². The summed E-state index contributed by atoms with van der Waals surface area (Å²) in [6.07, 6.45) is 4.47. The fourth-order valence-electron chi connectivity index (χ4n) is 4.58. The third-order valence-corrected chi connectivity index (χ3v) is 7.78. The molecule has 0 unspecified atom stereocenters. The van der Waals surface area contributed by atoms with Crippen LogP contribution in [0.1, 0.15) is 34.3 Å². The van der Waals surface area contributed by atoms with Crippen molar-refractivity contribution in [1.29, 1.82) is 0 Å². The van der Waals surface area contributed by atoms with Gasteiger partial charge in [0.2, 0.25) is 10.0 Å². The average molecular weight is 488 g/mol. The van der Waals surface area contributed by atoms with Crippen molar-refractivity contribution >= 4 is 21.7 Å². The fraction of sp³-hybridized carbons (Fsp3) is 0.500. The molecule has 1 fully saturated rings. The van der Waals surface area contributed by atoms with Gasteiger partial charge >= 0.3 is 0 Å². The first kappa shape index (κ1) is 24.6. The summed E-state index contributed by atoms with van der Waals surface area (Å²) in [4.78, 5) is 19.1. The molecule has 0 saturated carbocycles. The Bertz CT molecular complexity index is 1100. The molecule has 9 nitrogen and oxygen atoms in total. The molecule has 1 saturated heterocycles. The molecule has 0 radical (unpaired) electrons. The topological polar surface area (TPSA) is 115 Å². The fourth-order valence-corrected chi connectivity index (χ4v) is 5.45. The predicted molar refractivity (Wildman–Crippen MR) is 131 cm³/mol. The van der Waals surface area contributed by atoms with Crippen LogP contribution in [0.3, 0.4) is 0 Å². The number of aliphatic hydroxyl groups excluding tert-OH is 1. The molecule has 0 spiro atoms. The van der Waals surface area contributed by atoms with Crippen LogP contribution >= 0.6 is 0 Å². The first-order valence-corrected chi connectivity index (χ1v) is 13.6. The summed E-state index contributed by atoms with van der Waals surface area (Å²) in [7, 11) is -3.16. The van der Waals surface area contributed by atoms with Crippen molar-refractivity contribution in [2.75, 3.05) is 44.3 Å². The summed E-state index contributed by atoms with van der Waals surface area (Å²) in [6.45, 7) is 3.32. The maximum Gasteiger partial charge on any atom is 0.251 e. The van der Waals surface area contributed by atoms with Gasteiger partial charge in [-0.05, 0) is 42.5 Å². The van der Waals surface area contributed by atoms with Crippen LogP contribution in [0.15, 0.2) is 42.6 Å². The van der Waals surface area contributed by atoms with Crippen LogP contribution in [-0.2, 0) is 23.0 Å². The summed E-state index contributed by atoms with van der Waals surface area (Å²) in [6, 6.07) is 11.8. The molecule has 3 N–H and O–H groups in total. The Hall–Kier alpha value is -2.53. The second-order valence-electron chi connectivity index (χ2n) is 9.13. The Morgan fingerprint density at radius 2 is 1.91 bits per heavy atom. The maximum atomic E-state index is 12.6. The molecule has 0 aliphatic carbocycles. The first-order chi connectivity index (χ1) is 16.3. The van der Waals surface area contributed by atoms with Gasteiger partial charge in [-0.1, -0.05) is 24.3 Å². The zero-order valence-corrected chi connectivity index (χ0v) is 20.3. The molecule has 184 valence electrons. The van der Waals surface area contributed by atoms with E-state index in [1.54, 1.807) is 18.3 Å². The number of anilines is 1. The lowest BCUT2D eigenvalue weighted by Crippen LogP contribution is -2.42. The summed E-state index contributed by atoms with van der Waals surface area (Å²) in [5.41, 5.74) is 3.12. The third-order valence-electron chi connectivity index (χ3n) is 6.47. The second kappa shape index (κ2) is 10.8. The highest BCUT2D eigenvalue weighted by Gasteiger charge is 2.25. The summed E-state index contributed by atoms with van der Waals surface area (Å²) < 4.78 is 24.8. The van der Waals surface area contributed by atoms with Crippen molar-refractivity contribution in [2.45, 2.75) is 38.0 Å². The number of pyridine rings is 1. The number of hydrogen-bond donors (Lipinski definition) is 3. The zero-order chi connectivity index (χ0) is 24.1. The van der Waals surface area contributed by atoms with Crippen LogP contribution in [0.5, 0.6) is 0 Å². The number of rotatable bonds is 8. The number of carbonyl (C=O) groups is 1. The van der Waals surface area contributed by atoms with Gasteiger partial charge in [-0.25, -0.2) is 17.7 Å². The normalized spacial score (nSPS) is 18.8. The van der Waals surface area contributed by atoms with E-state index >= 15 is 0 Å². The lowest BCUT2D eigenvalue weighted by atomic mass is 10.00. The quantitative estimate of drug-likeness (QED) is 0.510. The van der Waals surface area contributed by atoms with Gasteiger partial charge in [0.1, 0.15) is 5.82 Å². The van der Waals surface area contributed by atoms with Crippen molar-refractivity contribution in [3.05, 3.63) is 59.3 Å². The molecule has 34 heavy (non-hydrogen) atoms. The van der Waals surface area contributed by atoms with Gasteiger partial charge in [-0.2, -0.15) is 0 Å². The van der Waals surface area contributed by atoms with E-state index in [-0.39, 0.29) is 18.5 Å². The van der Waals surface area contributed by atoms with Gasteiger partial charge in [-0.3, -0.25) is 9.69 Å². The highest BCUT2D eigenvalue weighted by Crippen LogP contribution is 2.19. The number of benzene rings is 1. The number of nitrogens with zero attached hydrogens (tertiary/aromatic N) is 3. The Labute approximate surface area is 201 Å². The van der Waals surface area contributed by atoms with Crippen LogP contribution in [-0.4, -0.2) is 84.7 Å². The van der Waals surface area contributed by atoms with Gasteiger partial charge in [-0.15, -0.1) is 0 Å². The Morgan fingerprint density at radius 3 is 2.65 bits per heavy atom. The largest absolute Gasteiger partial charge is 0.390 e. The maximum absolute atomic E-state index is 12.6.